The van der Waals surface area contributed by atoms with E-state index in [-0.39, 0.29) is 157 Å². The van der Waals surface area contributed by atoms with E-state index in [1.165, 1.54) is 94.0 Å². The van der Waals surface area contributed by atoms with Crippen LogP contribution in [-0.2, 0) is 187 Å². The van der Waals surface area contributed by atoms with Crippen LogP contribution in [0.5, 0.6) is 0 Å². The van der Waals surface area contributed by atoms with Crippen molar-refractivity contribution in [2.45, 2.75) is 212 Å². The molecule has 8 aliphatic rings. The number of nitrogens with one attached hydrogen (secondary N) is 1. The molecule has 36 heteroatoms. The van der Waals surface area contributed by atoms with Gasteiger partial charge in [0.25, 0.3) is 0 Å². The first-order chi connectivity index (χ1) is 44.3. The fraction of sp³-hybridized carbons (Fsp3) is 1.00. The monoisotopic (exact) mass is 2620 g/mol. The summed E-state index contributed by atoms with van der Waals surface area (Å²) in [5, 5.41) is -6.05. The molecular weight excluding hydrogens is 2460 g/mol. The zero-order chi connectivity index (χ0) is 70.3. The molecule has 624 valence electrons. The molecule has 0 amide bonds. The first-order valence-corrected chi connectivity index (χ1v) is 69.9. The van der Waals surface area contributed by atoms with E-state index in [4.69, 9.17) is 74.5 Å². The van der Waals surface area contributed by atoms with Crippen LogP contribution in [0.25, 0.3) is 0 Å². The van der Waals surface area contributed by atoms with Gasteiger partial charge in [-0.2, -0.15) is 0 Å². The molecule has 8 heterocycles. The predicted molar refractivity (Wildman–Crippen MR) is 417 cm³/mol. The van der Waals surface area contributed by atoms with Gasteiger partial charge in [-0.15, -0.1) is 0 Å². The van der Waals surface area contributed by atoms with Crippen molar-refractivity contribution in [1.29, 1.82) is 0 Å². The molecule has 0 spiro atoms. The molecule has 0 radical (unpaired) electrons. The molecule has 0 aromatic carbocycles. The fourth-order valence-electron chi connectivity index (χ4n) is 12.9. The molecule has 24 nitrogen and oxygen atoms in total. The number of ether oxygens (including phenoxy) is 10. The second-order valence-electron chi connectivity index (χ2n) is 28.0. The number of hydrogen-bond donors (Lipinski definition) is 1. The van der Waals surface area contributed by atoms with Gasteiger partial charge in [-0.3, -0.25) is 0 Å². The Hall–Kier alpha value is 5.75. The second-order valence-corrected chi connectivity index (χ2v) is 88.9. The molecule has 1 N–H and O–H groups in total. The van der Waals surface area contributed by atoms with Crippen LogP contribution in [0, 0.1) is 0 Å². The first-order valence-electron chi connectivity index (χ1n) is 33.7. The van der Waals surface area contributed by atoms with Crippen LogP contribution in [0.15, 0.2) is 0 Å². The molecule has 21 atom stereocenters. The normalized spacial score (nSPS) is 33.9. The average molecular weight is 2620 g/mol. The van der Waals surface area contributed by atoms with E-state index in [1.54, 1.807) is 33.0 Å². The Kier molecular flexibility index (Phi) is 58.4. The number of hydrogen-bond acceptors (Lipinski definition) is 24. The van der Waals surface area contributed by atoms with Crippen molar-refractivity contribution in [3.63, 3.8) is 0 Å². The van der Waals surface area contributed by atoms with E-state index in [0.717, 1.165) is 105 Å². The van der Waals surface area contributed by atoms with Crippen LogP contribution in [0.2, 0.25) is 0 Å². The van der Waals surface area contributed by atoms with Gasteiger partial charge in [0.1, 0.15) is 0 Å². The van der Waals surface area contributed by atoms with Gasteiger partial charge in [0.2, 0.25) is 0 Å². The van der Waals surface area contributed by atoms with E-state index >= 15 is 0 Å². The maximum absolute atomic E-state index is 6.84. The number of likely N-dealkylation sites (N-methyl/N-ethyl adjacent to an activating group) is 2. The molecule has 103 heavy (non-hydrogen) atoms. The summed E-state index contributed by atoms with van der Waals surface area (Å²) in [6.07, 6.45) is 2.59. The topological polar surface area (TPSA) is 182 Å². The minimum absolute atomic E-state index is 0. The summed E-state index contributed by atoms with van der Waals surface area (Å²) in [5.74, 6) is 0. The number of morpholine rings is 8. The Bertz CT molecular complexity index is 2620. The molecule has 0 aromatic rings. The van der Waals surface area contributed by atoms with Gasteiger partial charge in [-0.25, -0.2) is 0 Å². The third-order valence-corrected chi connectivity index (χ3v) is 47.1. The van der Waals surface area contributed by atoms with Crippen molar-refractivity contribution in [3.05, 3.63) is 0 Å². The first kappa shape index (κ1) is 113. The third-order valence-electron chi connectivity index (χ3n) is 17.1. The fourth-order valence-corrected chi connectivity index (χ4v) is 32.6. The minimum atomic E-state index is -1.78. The molecule has 8 saturated heterocycles. The van der Waals surface area contributed by atoms with Crippen LogP contribution in [-0.4, -0.2) is 363 Å². The van der Waals surface area contributed by atoms with Gasteiger partial charge in [-0.1, -0.05) is 59.4 Å². The Balaban J connectivity index is -0.00000153. The van der Waals surface area contributed by atoms with E-state index in [0.29, 0.717) is 52.9 Å². The standard InChI is InChI=1S/C29H59N4O8P3.C16H34N2O4P2.C14H29N2O4P.8CH4.6W/c1-22-10-30(5)14-26(38-22)19-35-43(8)32-12-24(3)40-28(16-32)21-37-44(9)33-13-25(4)41-29(17-33)20-36-42(7)31-11-23(2)39-27(15-31)18-34-6;1-13-7-17(3)9-15(21-13)12-20-24(6)18-8-14(2)22-16(10-18)11-19-23(4)5;1-11-5-15-6-13(19-11)10-18-21(4)16-7-12(2)20-14(8-16)9-17-3;;;;;;;;;;;;;;/h22-29H,10-21H2,1-9H3;13-16H,7-12H2,1-6H3;11-15H,5-10H2,1-4H3;8*1H4;;;;;;. The van der Waals surface area contributed by atoms with Gasteiger partial charge < -0.3 is 0 Å². The van der Waals surface area contributed by atoms with Gasteiger partial charge in [-0.05, 0) is 0 Å². The SMILES string of the molecule is C.C.C.C.C.C.C.C.CC1CN(C)CC(CO[P](C)(=[W])N2CC(C)OC(CO[P](C)(C)=[W])C2)O1.COCC1CN([P](C)(=[W])OCC2CN([P](C)(=[W])OCC3CN([P](C)(=[W])OCC4CN(C)CC(C)O4)CC(C)O3)CC(C)O2)CC(C)O1.COCC1CN([P](C)(=[W])OCC2CNCC(C)O2)CC(C)O1. The Morgan fingerprint density at radius 1 is 0.282 bits per heavy atom. The molecule has 0 aliphatic carbocycles. The summed E-state index contributed by atoms with van der Waals surface area (Å²) in [5.41, 5.74) is 0. The van der Waals surface area contributed by atoms with Crippen molar-refractivity contribution in [2.24, 2.45) is 0 Å². The summed E-state index contributed by atoms with van der Waals surface area (Å²) in [7, 11) is 7.79. The van der Waals surface area contributed by atoms with Crippen molar-refractivity contribution in [1.82, 2.24) is 38.5 Å². The molecule has 0 aromatic heterocycles. The van der Waals surface area contributed by atoms with Crippen molar-refractivity contribution in [3.8, 4) is 0 Å². The van der Waals surface area contributed by atoms with Gasteiger partial charge in [0.05, 0.1) is 0 Å². The molecule has 8 fully saturated rings. The van der Waals surface area contributed by atoms with Crippen LogP contribution in [0.4, 0.5) is 0 Å². The molecular formula is C67H154N8O16P6W6. The maximum atomic E-state index is 6.84. The van der Waals surface area contributed by atoms with Crippen LogP contribution in [0.1, 0.15) is 115 Å². The summed E-state index contributed by atoms with van der Waals surface area (Å²) in [6.45, 7) is 52.9. The Labute approximate surface area is 695 Å². The molecule has 8 aliphatic heterocycles. The number of rotatable bonds is 27. The quantitative estimate of drug-likeness (QED) is 0.0766. The van der Waals surface area contributed by atoms with E-state index < -0.39 is 31.5 Å². The van der Waals surface area contributed by atoms with E-state index in [1.807, 2.05) is 0 Å². The van der Waals surface area contributed by atoms with Gasteiger partial charge in [0.15, 0.2) is 0 Å². The summed E-state index contributed by atoms with van der Waals surface area (Å²) in [4.78, 5) is 4.68. The zero-order valence-electron chi connectivity index (χ0n) is 60.5. The number of nitrogens with zero attached hydrogens (tertiary/aromatic N) is 7. The summed E-state index contributed by atoms with van der Waals surface area (Å²) in [6, 6.07) is 0. The van der Waals surface area contributed by atoms with Gasteiger partial charge in [0, 0.05) is 0 Å². The summed E-state index contributed by atoms with van der Waals surface area (Å²) >= 11 is 9.11. The predicted octanol–water partition coefficient (Wildman–Crippen LogP) is 12.1. The van der Waals surface area contributed by atoms with Crippen LogP contribution in [0.3, 0.4) is 0 Å². The molecule has 8 rings (SSSR count). The van der Waals surface area contributed by atoms with E-state index in [2.05, 4.69) is 155 Å². The Morgan fingerprint density at radius 2 is 0.485 bits per heavy atom. The van der Waals surface area contributed by atoms with Crippen LogP contribution < -0.4 is 5.32 Å². The van der Waals surface area contributed by atoms with E-state index in [9.17, 15) is 0 Å². The average Bonchev–Trinajstić information content (AvgIpc) is 0.805. The zero-order valence-corrected chi connectivity index (χ0v) is 83.5. The van der Waals surface area contributed by atoms with Crippen molar-refractivity contribution < 1.29 is 187 Å². The third kappa shape index (κ3) is 40.8. The molecule has 0 bridgehead atoms. The molecule has 21 unspecified atom stereocenters. The van der Waals surface area contributed by atoms with Crippen LogP contribution >= 0.6 is 31.5 Å². The van der Waals surface area contributed by atoms with Gasteiger partial charge >= 0.3 is 643 Å². The Morgan fingerprint density at radius 3 is 0.709 bits per heavy atom. The molecule has 0 saturated carbocycles. The van der Waals surface area contributed by atoms with Crippen molar-refractivity contribution >= 4 is 31.5 Å². The second kappa shape index (κ2) is 53.3. The number of methoxy groups -OCH3 is 2. The van der Waals surface area contributed by atoms with Crippen molar-refractivity contribution in [2.75, 3.05) is 233 Å². The summed E-state index contributed by atoms with van der Waals surface area (Å²) < 4.78 is 112.